The molecule has 0 aliphatic carbocycles. The topological polar surface area (TPSA) is 116 Å². The van der Waals surface area contributed by atoms with Crippen LogP contribution in [0.2, 0.25) is 0 Å². The van der Waals surface area contributed by atoms with Crippen molar-refractivity contribution in [2.24, 2.45) is 7.05 Å². The van der Waals surface area contributed by atoms with Crippen LogP contribution in [0.4, 0.5) is 5.69 Å². The number of hydrogen-bond donors (Lipinski definition) is 1. The number of aromatic carboxylic acids is 1. The van der Waals surface area contributed by atoms with Crippen molar-refractivity contribution in [2.75, 3.05) is 0 Å². The van der Waals surface area contributed by atoms with Gasteiger partial charge in [-0.1, -0.05) is 0 Å². The van der Waals surface area contributed by atoms with Crippen LogP contribution >= 0.6 is 0 Å². The first-order valence-electron chi connectivity index (χ1n) is 4.88. The van der Waals surface area contributed by atoms with Crippen LogP contribution in [-0.4, -0.2) is 35.6 Å². The first-order valence-corrected chi connectivity index (χ1v) is 4.88. The predicted molar refractivity (Wildman–Crippen MR) is 58.7 cm³/mol. The van der Waals surface area contributed by atoms with Gasteiger partial charge < -0.3 is 5.11 Å². The van der Waals surface area contributed by atoms with Gasteiger partial charge in [0.25, 0.3) is 5.82 Å². The van der Waals surface area contributed by atoms with Crippen LogP contribution in [0.15, 0.2) is 12.4 Å². The van der Waals surface area contributed by atoms with E-state index in [9.17, 15) is 14.9 Å². The van der Waals surface area contributed by atoms with Gasteiger partial charge in [0.15, 0.2) is 0 Å². The Balaban J connectivity index is 2.58. The van der Waals surface area contributed by atoms with Gasteiger partial charge >= 0.3 is 11.7 Å². The Morgan fingerprint density at radius 3 is 2.61 bits per heavy atom. The number of carboxylic acid groups (broad SMARTS) is 1. The highest BCUT2D eigenvalue weighted by Crippen LogP contribution is 2.21. The van der Waals surface area contributed by atoms with Crippen LogP contribution in [0.3, 0.4) is 0 Å². The molecule has 2 heterocycles. The van der Waals surface area contributed by atoms with E-state index < -0.39 is 10.9 Å². The van der Waals surface area contributed by atoms with Crippen molar-refractivity contribution >= 4 is 11.7 Å². The fourth-order valence-corrected chi connectivity index (χ4v) is 1.53. The molecule has 2 aromatic heterocycles. The molecule has 0 aliphatic heterocycles. The van der Waals surface area contributed by atoms with E-state index >= 15 is 0 Å². The van der Waals surface area contributed by atoms with Crippen LogP contribution in [0.1, 0.15) is 16.1 Å². The average Bonchev–Trinajstić information content (AvgIpc) is 2.81. The summed E-state index contributed by atoms with van der Waals surface area (Å²) in [5.74, 6) is -1.16. The molecule has 94 valence electrons. The average molecular weight is 251 g/mol. The van der Waals surface area contributed by atoms with Crippen LogP contribution < -0.4 is 0 Å². The summed E-state index contributed by atoms with van der Waals surface area (Å²) >= 11 is 0. The van der Waals surface area contributed by atoms with Crippen molar-refractivity contribution in [1.29, 1.82) is 0 Å². The summed E-state index contributed by atoms with van der Waals surface area (Å²) in [7, 11) is 1.53. The maximum Gasteiger partial charge on any atom is 0.339 e. The van der Waals surface area contributed by atoms with E-state index in [1.165, 1.54) is 31.0 Å². The third-order valence-electron chi connectivity index (χ3n) is 2.33. The summed E-state index contributed by atoms with van der Waals surface area (Å²) in [4.78, 5) is 21.1. The maximum atomic E-state index is 10.9. The molecule has 0 spiro atoms. The van der Waals surface area contributed by atoms with Gasteiger partial charge in [0.1, 0.15) is 11.8 Å². The van der Waals surface area contributed by atoms with E-state index in [0.29, 0.717) is 0 Å². The standard InChI is InChI=1S/C9H9N5O4/c1-5-6(9(15)16)3-13(10-5)8-7(14(17)18)4-12(2)11-8/h3-4H,1-2H3,(H,15,16). The number of carbonyl (C=O) groups is 1. The third-order valence-corrected chi connectivity index (χ3v) is 2.33. The van der Waals surface area contributed by atoms with Crippen molar-refractivity contribution in [1.82, 2.24) is 19.6 Å². The summed E-state index contributed by atoms with van der Waals surface area (Å²) in [6.07, 6.45) is 2.43. The van der Waals surface area contributed by atoms with E-state index in [-0.39, 0.29) is 22.8 Å². The molecule has 0 unspecified atom stereocenters. The van der Waals surface area contributed by atoms with E-state index in [4.69, 9.17) is 5.11 Å². The Kier molecular flexibility index (Phi) is 2.58. The van der Waals surface area contributed by atoms with Crippen molar-refractivity contribution in [2.45, 2.75) is 6.92 Å². The van der Waals surface area contributed by atoms with E-state index in [1.54, 1.807) is 0 Å². The quantitative estimate of drug-likeness (QED) is 0.627. The third kappa shape index (κ3) is 1.81. The van der Waals surface area contributed by atoms with Gasteiger partial charge in [-0.3, -0.25) is 14.8 Å². The van der Waals surface area contributed by atoms with E-state index in [1.807, 2.05) is 0 Å². The van der Waals surface area contributed by atoms with E-state index in [2.05, 4.69) is 10.2 Å². The van der Waals surface area contributed by atoms with Crippen molar-refractivity contribution < 1.29 is 14.8 Å². The molecule has 0 fully saturated rings. The Morgan fingerprint density at radius 2 is 2.11 bits per heavy atom. The Bertz CT molecular complexity index is 641. The highest BCUT2D eigenvalue weighted by atomic mass is 16.6. The largest absolute Gasteiger partial charge is 0.478 e. The highest BCUT2D eigenvalue weighted by molar-refractivity contribution is 5.88. The van der Waals surface area contributed by atoms with Gasteiger partial charge in [0.05, 0.1) is 10.6 Å². The zero-order chi connectivity index (χ0) is 13.4. The Hall–Kier alpha value is -2.71. The first-order chi connectivity index (χ1) is 8.40. The summed E-state index contributed by atoms with van der Waals surface area (Å²) in [6.45, 7) is 1.51. The van der Waals surface area contributed by atoms with Crippen molar-refractivity contribution in [3.63, 3.8) is 0 Å². The molecule has 2 aromatic rings. The number of aromatic nitrogens is 4. The monoisotopic (exact) mass is 251 g/mol. The second-order valence-corrected chi connectivity index (χ2v) is 3.65. The lowest BCUT2D eigenvalue weighted by Gasteiger charge is -1.94. The van der Waals surface area contributed by atoms with Crippen LogP contribution in [0.5, 0.6) is 0 Å². The SMILES string of the molecule is Cc1nn(-c2nn(C)cc2[N+](=O)[O-])cc1C(=O)O. The fraction of sp³-hybridized carbons (Fsp3) is 0.222. The van der Waals surface area contributed by atoms with Gasteiger partial charge in [0.2, 0.25) is 0 Å². The molecule has 0 aliphatic rings. The van der Waals surface area contributed by atoms with Gasteiger partial charge in [0, 0.05) is 13.2 Å². The van der Waals surface area contributed by atoms with Crippen LogP contribution in [-0.2, 0) is 7.05 Å². The van der Waals surface area contributed by atoms with Gasteiger partial charge in [-0.2, -0.15) is 5.10 Å². The molecular weight excluding hydrogens is 242 g/mol. The molecular formula is C9H9N5O4. The van der Waals surface area contributed by atoms with Crippen LogP contribution in [0.25, 0.3) is 5.82 Å². The number of aryl methyl sites for hydroxylation is 2. The number of rotatable bonds is 3. The van der Waals surface area contributed by atoms with Crippen molar-refractivity contribution in [3.05, 3.63) is 33.8 Å². The van der Waals surface area contributed by atoms with Crippen molar-refractivity contribution in [3.8, 4) is 5.82 Å². The fourth-order valence-electron chi connectivity index (χ4n) is 1.53. The Labute approximate surface area is 100 Å². The molecule has 0 saturated carbocycles. The van der Waals surface area contributed by atoms with Crippen LogP contribution in [0, 0.1) is 17.0 Å². The number of carboxylic acids is 1. The predicted octanol–water partition coefficient (Wildman–Crippen LogP) is 0.521. The smallest absolute Gasteiger partial charge is 0.339 e. The second kappa shape index (κ2) is 3.95. The minimum Gasteiger partial charge on any atom is -0.478 e. The summed E-state index contributed by atoms with van der Waals surface area (Å²) in [6, 6.07) is 0. The second-order valence-electron chi connectivity index (χ2n) is 3.65. The normalized spacial score (nSPS) is 10.6. The lowest BCUT2D eigenvalue weighted by molar-refractivity contribution is -0.384. The molecule has 9 nitrogen and oxygen atoms in total. The lowest BCUT2D eigenvalue weighted by atomic mass is 10.3. The summed E-state index contributed by atoms with van der Waals surface area (Å²) in [5.41, 5.74) is 0.00865. The van der Waals surface area contributed by atoms with Gasteiger partial charge in [-0.25, -0.2) is 9.48 Å². The van der Waals surface area contributed by atoms with Gasteiger partial charge in [-0.05, 0) is 6.92 Å². The minimum atomic E-state index is -1.14. The highest BCUT2D eigenvalue weighted by Gasteiger charge is 2.23. The molecule has 0 aromatic carbocycles. The number of nitro groups is 1. The maximum absolute atomic E-state index is 10.9. The molecule has 0 radical (unpaired) electrons. The summed E-state index contributed by atoms with van der Waals surface area (Å²) in [5, 5.41) is 27.5. The molecule has 2 rings (SSSR count). The molecule has 0 amide bonds. The number of nitrogens with zero attached hydrogens (tertiary/aromatic N) is 5. The first kappa shape index (κ1) is 11.8. The van der Waals surface area contributed by atoms with Gasteiger partial charge in [-0.15, -0.1) is 5.10 Å². The molecule has 9 heteroatoms. The summed E-state index contributed by atoms with van der Waals surface area (Å²) < 4.78 is 2.36. The lowest BCUT2D eigenvalue weighted by Crippen LogP contribution is -2.00. The molecule has 18 heavy (non-hydrogen) atoms. The molecule has 1 N–H and O–H groups in total. The molecule has 0 atom stereocenters. The molecule has 0 bridgehead atoms. The molecule has 0 saturated heterocycles. The zero-order valence-electron chi connectivity index (χ0n) is 9.56. The Morgan fingerprint density at radius 1 is 1.44 bits per heavy atom. The minimum absolute atomic E-state index is 0.0156. The van der Waals surface area contributed by atoms with E-state index in [0.717, 1.165) is 4.68 Å². The zero-order valence-corrected chi connectivity index (χ0v) is 9.56. The number of hydrogen-bond acceptors (Lipinski definition) is 5.